The van der Waals surface area contributed by atoms with E-state index in [4.69, 9.17) is 9.11 Å². The Morgan fingerprint density at radius 1 is 0.786 bits per heavy atom. The number of rotatable bonds is 6. The number of hydrogen-bond donors (Lipinski definition) is 2. The van der Waals surface area contributed by atoms with E-state index < -0.39 is 20.2 Å². The molecule has 0 aliphatic rings. The zero-order valence-electron chi connectivity index (χ0n) is 8.88. The van der Waals surface area contributed by atoms with E-state index in [2.05, 4.69) is 0 Å². The van der Waals surface area contributed by atoms with Crippen molar-refractivity contribution in [2.45, 2.75) is 19.3 Å². The van der Waals surface area contributed by atoms with Gasteiger partial charge in [-0.2, -0.15) is 16.8 Å². The molecule has 0 rings (SSSR count). The van der Waals surface area contributed by atoms with Crippen molar-refractivity contribution in [1.82, 2.24) is 0 Å². The summed E-state index contributed by atoms with van der Waals surface area (Å²) >= 11 is 0. The summed E-state index contributed by atoms with van der Waals surface area (Å²) in [5, 5.41) is 0. The first kappa shape index (κ1) is 16.8. The van der Waals surface area contributed by atoms with E-state index in [0.717, 1.165) is 0 Å². The average molecular weight is 240 g/mol. The standard InChI is InChI=1S/C5H12O6S2.Li.H/c6-12(7,8)4-2-1-3-5-13(9,10)11;;/h1-5H2,(H,6,7,8)(H,9,10,11);;/q;+1;-1. The zero-order chi connectivity index (χ0) is 10.5. The van der Waals surface area contributed by atoms with E-state index in [1.807, 2.05) is 0 Å². The molecule has 0 spiro atoms. The van der Waals surface area contributed by atoms with Crippen molar-refractivity contribution >= 4 is 20.2 Å². The van der Waals surface area contributed by atoms with Gasteiger partial charge in [-0.15, -0.1) is 0 Å². The smallest absolute Gasteiger partial charge is 1.00 e. The summed E-state index contributed by atoms with van der Waals surface area (Å²) in [6, 6.07) is 0. The van der Waals surface area contributed by atoms with Crippen molar-refractivity contribution in [3.05, 3.63) is 0 Å². The first-order valence-corrected chi connectivity index (χ1v) is 6.83. The Hall–Kier alpha value is 0.417. The average Bonchev–Trinajstić information content (AvgIpc) is 1.81. The molecular weight excluding hydrogens is 227 g/mol. The third kappa shape index (κ3) is 14.9. The zero-order valence-corrected chi connectivity index (χ0v) is 9.51. The third-order valence-electron chi connectivity index (χ3n) is 1.30. The molecule has 82 valence electrons. The van der Waals surface area contributed by atoms with Crippen LogP contribution in [0, 0.1) is 0 Å². The summed E-state index contributed by atoms with van der Waals surface area (Å²) in [5.74, 6) is -0.753. The van der Waals surface area contributed by atoms with Crippen LogP contribution in [0.5, 0.6) is 0 Å². The Bertz CT molecular complexity index is 303. The first-order chi connectivity index (χ1) is 5.71. The molecule has 0 atom stereocenters. The maximum Gasteiger partial charge on any atom is 1.00 e. The van der Waals surface area contributed by atoms with E-state index in [1.165, 1.54) is 0 Å². The monoisotopic (exact) mass is 240 g/mol. The molecular formula is C5H13LiO6S2. The van der Waals surface area contributed by atoms with Crippen LogP contribution >= 0.6 is 0 Å². The molecule has 0 unspecified atom stereocenters. The molecule has 0 heterocycles. The molecule has 14 heavy (non-hydrogen) atoms. The number of hydrogen-bond acceptors (Lipinski definition) is 4. The molecule has 0 aromatic heterocycles. The summed E-state index contributed by atoms with van der Waals surface area (Å²) in [6.07, 6.45) is 0.711. The van der Waals surface area contributed by atoms with Crippen LogP contribution in [0.2, 0.25) is 0 Å². The van der Waals surface area contributed by atoms with Gasteiger partial charge in [0, 0.05) is 0 Å². The Morgan fingerprint density at radius 3 is 1.29 bits per heavy atom. The van der Waals surface area contributed by atoms with Gasteiger partial charge in [0.05, 0.1) is 11.5 Å². The normalized spacial score (nSPS) is 12.1. The van der Waals surface area contributed by atoms with Gasteiger partial charge in [0.25, 0.3) is 20.2 Å². The van der Waals surface area contributed by atoms with Crippen LogP contribution in [0.3, 0.4) is 0 Å². The van der Waals surface area contributed by atoms with Crippen molar-refractivity contribution in [2.75, 3.05) is 11.5 Å². The maximum atomic E-state index is 10.2. The maximum absolute atomic E-state index is 10.2. The predicted molar refractivity (Wildman–Crippen MR) is 47.8 cm³/mol. The van der Waals surface area contributed by atoms with Gasteiger partial charge < -0.3 is 1.43 Å². The van der Waals surface area contributed by atoms with Crippen molar-refractivity contribution in [3.63, 3.8) is 0 Å². The molecule has 9 heteroatoms. The molecule has 0 amide bonds. The van der Waals surface area contributed by atoms with Gasteiger partial charge in [0.15, 0.2) is 0 Å². The number of unbranched alkanes of at least 4 members (excludes halogenated alkanes) is 2. The quantitative estimate of drug-likeness (QED) is 0.292. The molecule has 0 saturated heterocycles. The molecule has 0 aromatic carbocycles. The topological polar surface area (TPSA) is 109 Å². The summed E-state index contributed by atoms with van der Waals surface area (Å²) in [6.45, 7) is 0. The van der Waals surface area contributed by atoms with Crippen molar-refractivity contribution in [3.8, 4) is 0 Å². The summed E-state index contributed by atoms with van der Waals surface area (Å²) in [5.41, 5.74) is 0. The molecule has 0 aliphatic carbocycles. The second-order valence-electron chi connectivity index (χ2n) is 2.63. The van der Waals surface area contributed by atoms with Crippen LogP contribution in [0.15, 0.2) is 0 Å². The van der Waals surface area contributed by atoms with Gasteiger partial charge in [0.1, 0.15) is 0 Å². The van der Waals surface area contributed by atoms with Gasteiger partial charge in [-0.25, -0.2) is 0 Å². The second kappa shape index (κ2) is 6.82. The van der Waals surface area contributed by atoms with Crippen LogP contribution in [-0.2, 0) is 20.2 Å². The predicted octanol–water partition coefficient (Wildman–Crippen LogP) is -2.95. The van der Waals surface area contributed by atoms with Crippen molar-refractivity contribution in [1.29, 1.82) is 0 Å². The third-order valence-corrected chi connectivity index (χ3v) is 2.91. The molecule has 0 aliphatic heterocycles. The van der Waals surface area contributed by atoms with E-state index in [0.29, 0.717) is 6.42 Å². The molecule has 6 nitrogen and oxygen atoms in total. The molecule has 2 N–H and O–H groups in total. The SMILES string of the molecule is O=S(=O)(O)CCCCCS(=O)(=O)O.[H-].[Li+]. The molecule has 0 aromatic rings. The van der Waals surface area contributed by atoms with Crippen LogP contribution in [0.1, 0.15) is 20.7 Å². The molecule has 0 saturated carbocycles. The van der Waals surface area contributed by atoms with Crippen LogP contribution in [0.4, 0.5) is 0 Å². The van der Waals surface area contributed by atoms with Gasteiger partial charge >= 0.3 is 18.9 Å². The van der Waals surface area contributed by atoms with Crippen molar-refractivity contribution < 1.29 is 46.2 Å². The fraction of sp³-hybridized carbons (Fsp3) is 1.00. The minimum Gasteiger partial charge on any atom is -1.00 e. The summed E-state index contributed by atoms with van der Waals surface area (Å²) in [7, 11) is -7.90. The minimum absolute atomic E-state index is 0. The van der Waals surface area contributed by atoms with Crippen molar-refractivity contribution in [2.24, 2.45) is 0 Å². The Labute approximate surface area is 97.2 Å². The first-order valence-electron chi connectivity index (χ1n) is 3.61. The van der Waals surface area contributed by atoms with Crippen LogP contribution in [-0.4, -0.2) is 37.4 Å². The minimum atomic E-state index is -3.95. The summed E-state index contributed by atoms with van der Waals surface area (Å²) in [4.78, 5) is 0. The van der Waals surface area contributed by atoms with Crippen LogP contribution in [0.25, 0.3) is 0 Å². The largest absolute Gasteiger partial charge is 1.00 e. The second-order valence-corrected chi connectivity index (χ2v) is 5.78. The molecule has 0 radical (unpaired) electrons. The molecule has 0 fully saturated rings. The fourth-order valence-electron chi connectivity index (χ4n) is 0.746. The van der Waals surface area contributed by atoms with E-state index in [1.54, 1.807) is 0 Å². The Kier molecular flexibility index (Phi) is 8.20. The Balaban J connectivity index is -0.000000720. The summed E-state index contributed by atoms with van der Waals surface area (Å²) < 4.78 is 57.3. The van der Waals surface area contributed by atoms with Gasteiger partial charge in [0.2, 0.25) is 0 Å². The Morgan fingerprint density at radius 2 is 1.07 bits per heavy atom. The molecule has 0 bridgehead atoms. The van der Waals surface area contributed by atoms with Crippen LogP contribution < -0.4 is 18.9 Å². The van der Waals surface area contributed by atoms with Gasteiger partial charge in [-0.05, 0) is 12.8 Å². The van der Waals surface area contributed by atoms with E-state index in [9.17, 15) is 16.8 Å². The van der Waals surface area contributed by atoms with Gasteiger partial charge in [-0.3, -0.25) is 9.11 Å². The van der Waals surface area contributed by atoms with E-state index in [-0.39, 0.29) is 44.6 Å². The van der Waals surface area contributed by atoms with E-state index >= 15 is 0 Å². The van der Waals surface area contributed by atoms with Gasteiger partial charge in [-0.1, -0.05) is 6.42 Å². The fourth-order valence-corrected chi connectivity index (χ4v) is 1.88.